The van der Waals surface area contributed by atoms with E-state index in [9.17, 15) is 13.2 Å². The van der Waals surface area contributed by atoms with Crippen LogP contribution in [0.4, 0.5) is 0 Å². The number of nitrogens with one attached hydrogen (secondary N) is 2. The maximum Gasteiger partial charge on any atom is 0.251 e. The first kappa shape index (κ1) is 18.6. The van der Waals surface area contributed by atoms with Crippen molar-refractivity contribution < 1.29 is 17.9 Å². The Kier molecular flexibility index (Phi) is 6.96. The number of sulfonamides is 1. The zero-order chi connectivity index (χ0) is 17.4. The van der Waals surface area contributed by atoms with Gasteiger partial charge in [-0.2, -0.15) is 0 Å². The predicted molar refractivity (Wildman–Crippen MR) is 92.3 cm³/mol. The quantitative estimate of drug-likeness (QED) is 0.469. The Hall–Kier alpha value is -1.70. The smallest absolute Gasteiger partial charge is 0.251 e. The molecule has 2 rings (SSSR count). The summed E-state index contributed by atoms with van der Waals surface area (Å²) in [6, 6.07) is 5.83. The summed E-state index contributed by atoms with van der Waals surface area (Å²) in [7, 11) is -3.56. The van der Waals surface area contributed by atoms with Crippen molar-refractivity contribution >= 4 is 15.9 Å². The molecule has 0 unspecified atom stereocenters. The third-order valence-electron chi connectivity index (χ3n) is 3.65. The number of rotatable bonds is 11. The normalized spacial score (nSPS) is 14.3. The molecule has 0 spiro atoms. The van der Waals surface area contributed by atoms with Gasteiger partial charge in [0, 0.05) is 31.9 Å². The lowest BCUT2D eigenvalue weighted by Crippen LogP contribution is -2.26. The Balaban J connectivity index is 1.74. The number of ether oxygens (including phenoxy) is 1. The lowest BCUT2D eigenvalue weighted by molar-refractivity contribution is 0.0937. The van der Waals surface area contributed by atoms with Crippen LogP contribution in [0.3, 0.4) is 0 Å². The highest BCUT2D eigenvalue weighted by molar-refractivity contribution is 7.89. The van der Waals surface area contributed by atoms with Crippen molar-refractivity contribution in [1.82, 2.24) is 10.0 Å². The van der Waals surface area contributed by atoms with Crippen molar-refractivity contribution in [2.45, 2.75) is 24.2 Å². The van der Waals surface area contributed by atoms with Gasteiger partial charge >= 0.3 is 0 Å². The molecule has 0 saturated heterocycles. The van der Waals surface area contributed by atoms with Crippen molar-refractivity contribution in [2.24, 2.45) is 5.92 Å². The summed E-state index contributed by atoms with van der Waals surface area (Å²) in [6.45, 7) is 5.62. The Labute approximate surface area is 143 Å². The molecule has 6 nitrogen and oxygen atoms in total. The van der Waals surface area contributed by atoms with Gasteiger partial charge in [0.1, 0.15) is 0 Å². The average molecular weight is 352 g/mol. The summed E-state index contributed by atoms with van der Waals surface area (Å²) in [5, 5.41) is 2.80. The largest absolute Gasteiger partial charge is 0.381 e. The van der Waals surface area contributed by atoms with E-state index in [0.29, 0.717) is 18.7 Å². The van der Waals surface area contributed by atoms with Gasteiger partial charge in [0.25, 0.3) is 5.91 Å². The van der Waals surface area contributed by atoms with Crippen LogP contribution in [-0.2, 0) is 14.8 Å². The van der Waals surface area contributed by atoms with E-state index in [2.05, 4.69) is 16.6 Å². The SMILES string of the molecule is C=CCNS(=O)(=O)c1ccc(C(=O)NCCCOCC2CC2)cc1. The molecule has 0 aromatic heterocycles. The molecule has 1 fully saturated rings. The fourth-order valence-electron chi connectivity index (χ4n) is 2.05. The minimum absolute atomic E-state index is 0.120. The second kappa shape index (κ2) is 8.96. The average Bonchev–Trinajstić information content (AvgIpc) is 3.40. The number of carbonyl (C=O) groups excluding carboxylic acids is 1. The van der Waals surface area contributed by atoms with Crippen molar-refractivity contribution in [1.29, 1.82) is 0 Å². The van der Waals surface area contributed by atoms with Crippen LogP contribution in [0.15, 0.2) is 41.8 Å². The molecule has 1 aliphatic rings. The fourth-order valence-corrected chi connectivity index (χ4v) is 3.05. The van der Waals surface area contributed by atoms with E-state index >= 15 is 0 Å². The summed E-state index contributed by atoms with van der Waals surface area (Å²) < 4.78 is 31.7. The van der Waals surface area contributed by atoms with Crippen molar-refractivity contribution in [3.63, 3.8) is 0 Å². The highest BCUT2D eigenvalue weighted by Gasteiger charge is 2.20. The van der Waals surface area contributed by atoms with Gasteiger partial charge in [0.2, 0.25) is 10.0 Å². The number of hydrogen-bond donors (Lipinski definition) is 2. The van der Waals surface area contributed by atoms with Crippen molar-refractivity contribution in [3.8, 4) is 0 Å². The lowest BCUT2D eigenvalue weighted by Gasteiger charge is -2.08. The minimum Gasteiger partial charge on any atom is -0.381 e. The Morgan fingerprint density at radius 1 is 1.29 bits per heavy atom. The third kappa shape index (κ3) is 6.07. The highest BCUT2D eigenvalue weighted by Crippen LogP contribution is 2.28. The summed E-state index contributed by atoms with van der Waals surface area (Å²) in [4.78, 5) is 12.1. The molecule has 1 saturated carbocycles. The van der Waals surface area contributed by atoms with Gasteiger partial charge in [0.05, 0.1) is 4.90 Å². The summed E-state index contributed by atoms with van der Waals surface area (Å²) >= 11 is 0. The second-order valence-electron chi connectivity index (χ2n) is 5.79. The highest BCUT2D eigenvalue weighted by atomic mass is 32.2. The molecule has 1 aromatic carbocycles. The fraction of sp³-hybridized carbons (Fsp3) is 0.471. The zero-order valence-electron chi connectivity index (χ0n) is 13.7. The Bertz CT molecular complexity index is 652. The molecule has 2 N–H and O–H groups in total. The zero-order valence-corrected chi connectivity index (χ0v) is 14.5. The van der Waals surface area contributed by atoms with Gasteiger partial charge in [-0.25, -0.2) is 13.1 Å². The van der Waals surface area contributed by atoms with Gasteiger partial charge in [0.15, 0.2) is 0 Å². The number of benzene rings is 1. The molecule has 1 amide bonds. The molecule has 0 heterocycles. The molecule has 0 bridgehead atoms. The first-order chi connectivity index (χ1) is 11.5. The van der Waals surface area contributed by atoms with Crippen LogP contribution in [0, 0.1) is 5.92 Å². The molecule has 7 heteroatoms. The van der Waals surface area contributed by atoms with Crippen LogP contribution in [0.25, 0.3) is 0 Å². The summed E-state index contributed by atoms with van der Waals surface area (Å²) in [6.07, 6.45) is 4.77. The van der Waals surface area contributed by atoms with Crippen LogP contribution < -0.4 is 10.0 Å². The van der Waals surface area contributed by atoms with E-state index in [1.807, 2.05) is 0 Å². The van der Waals surface area contributed by atoms with Crippen molar-refractivity contribution in [3.05, 3.63) is 42.5 Å². The summed E-state index contributed by atoms with van der Waals surface area (Å²) in [5.41, 5.74) is 0.427. The predicted octanol–water partition coefficient (Wildman–Crippen LogP) is 1.70. The lowest BCUT2D eigenvalue weighted by atomic mass is 10.2. The Morgan fingerprint density at radius 3 is 2.62 bits per heavy atom. The van der Waals surface area contributed by atoms with Gasteiger partial charge in [-0.1, -0.05) is 6.08 Å². The maximum absolute atomic E-state index is 12.0. The standard InChI is InChI=1S/C17H24N2O4S/c1-2-10-19-24(21,22)16-8-6-15(7-9-16)17(20)18-11-3-12-23-13-14-4-5-14/h2,6-9,14,19H,1,3-5,10-13H2,(H,18,20). The summed E-state index contributed by atoms with van der Waals surface area (Å²) in [5.74, 6) is 0.524. The molecule has 0 aliphatic heterocycles. The first-order valence-electron chi connectivity index (χ1n) is 8.09. The van der Waals surface area contributed by atoms with E-state index in [0.717, 1.165) is 18.9 Å². The van der Waals surface area contributed by atoms with Gasteiger partial charge < -0.3 is 10.1 Å². The van der Waals surface area contributed by atoms with Gasteiger partial charge in [-0.15, -0.1) is 6.58 Å². The molecule has 1 aromatic rings. The van der Waals surface area contributed by atoms with Crippen LogP contribution in [0.2, 0.25) is 0 Å². The van der Waals surface area contributed by atoms with E-state index in [1.165, 1.54) is 43.2 Å². The topological polar surface area (TPSA) is 84.5 Å². The first-order valence-corrected chi connectivity index (χ1v) is 9.58. The monoisotopic (exact) mass is 352 g/mol. The van der Waals surface area contributed by atoms with Crippen molar-refractivity contribution in [2.75, 3.05) is 26.3 Å². The van der Waals surface area contributed by atoms with Crippen LogP contribution in [0.5, 0.6) is 0 Å². The third-order valence-corrected chi connectivity index (χ3v) is 5.09. The van der Waals surface area contributed by atoms with E-state index in [1.54, 1.807) is 0 Å². The van der Waals surface area contributed by atoms with Crippen LogP contribution in [0.1, 0.15) is 29.6 Å². The van der Waals surface area contributed by atoms with E-state index < -0.39 is 10.0 Å². The molecule has 0 radical (unpaired) electrons. The second-order valence-corrected chi connectivity index (χ2v) is 7.56. The molecule has 0 atom stereocenters. The molecule has 24 heavy (non-hydrogen) atoms. The molecule has 1 aliphatic carbocycles. The molecular weight excluding hydrogens is 328 g/mol. The van der Waals surface area contributed by atoms with Crippen LogP contribution >= 0.6 is 0 Å². The Morgan fingerprint density at radius 2 is 2.00 bits per heavy atom. The number of hydrogen-bond acceptors (Lipinski definition) is 4. The van der Waals surface area contributed by atoms with E-state index in [4.69, 9.17) is 4.74 Å². The number of amides is 1. The van der Waals surface area contributed by atoms with Crippen LogP contribution in [-0.4, -0.2) is 40.6 Å². The van der Waals surface area contributed by atoms with E-state index in [-0.39, 0.29) is 17.3 Å². The van der Waals surface area contributed by atoms with Gasteiger partial charge in [-0.3, -0.25) is 4.79 Å². The molecular formula is C17H24N2O4S. The number of carbonyl (C=O) groups is 1. The molecule has 132 valence electrons. The maximum atomic E-state index is 12.0. The minimum atomic E-state index is -3.56. The van der Waals surface area contributed by atoms with Gasteiger partial charge in [-0.05, 0) is 49.4 Å².